The van der Waals surface area contributed by atoms with Gasteiger partial charge in [0, 0.05) is 24.8 Å². The summed E-state index contributed by atoms with van der Waals surface area (Å²) in [5, 5.41) is 0. The molecule has 0 heterocycles. The quantitative estimate of drug-likeness (QED) is 0.252. The molecule has 0 aromatic heterocycles. The summed E-state index contributed by atoms with van der Waals surface area (Å²) in [6.07, 6.45) is 1.07. The van der Waals surface area contributed by atoms with E-state index in [1.807, 2.05) is 0 Å². The smallest absolute Gasteiger partial charge is 0.00115 e. The standard InChI is InChI=1S/C2HO2.V/c3-1-2-4;/h1H;/q-1;. The van der Waals surface area contributed by atoms with Crippen molar-refractivity contribution in [1.82, 2.24) is 0 Å². The monoisotopic (exact) mass is 108 g/mol. The zero-order valence-electron chi connectivity index (χ0n) is 2.34. The Balaban J connectivity index is 0. The fraction of sp³-hybridized carbons (Fsp3) is 0. The van der Waals surface area contributed by atoms with Crippen LogP contribution in [0.25, 0.3) is 0 Å². The van der Waals surface area contributed by atoms with E-state index < -0.39 is 0 Å². The molecule has 0 atom stereocenters. The van der Waals surface area contributed by atoms with Crippen molar-refractivity contribution in [2.45, 2.75) is 0 Å². The van der Waals surface area contributed by atoms with Gasteiger partial charge in [-0.2, -0.15) is 6.29 Å². The van der Waals surface area contributed by atoms with Crippen molar-refractivity contribution in [3.8, 4) is 0 Å². The molecule has 0 bridgehead atoms. The van der Waals surface area contributed by atoms with Crippen LogP contribution in [0.3, 0.4) is 0 Å². The van der Waals surface area contributed by atoms with Crippen LogP contribution >= 0.6 is 0 Å². The van der Waals surface area contributed by atoms with Gasteiger partial charge in [-0.15, -0.1) is 0 Å². The van der Waals surface area contributed by atoms with Crippen LogP contribution in [0.1, 0.15) is 0 Å². The molecule has 0 saturated carbocycles. The molecule has 3 heteroatoms. The van der Waals surface area contributed by atoms with Crippen LogP contribution in [0.2, 0.25) is 0 Å². The van der Waals surface area contributed by atoms with Crippen molar-refractivity contribution >= 4 is 12.6 Å². The molecule has 27 valence electrons. The second kappa shape index (κ2) is 9.06. The zero-order valence-corrected chi connectivity index (χ0v) is 3.74. The van der Waals surface area contributed by atoms with Crippen LogP contribution < -0.4 is 0 Å². The molecule has 0 aromatic carbocycles. The van der Waals surface area contributed by atoms with Crippen molar-refractivity contribution in [2.24, 2.45) is 0 Å². The van der Waals surface area contributed by atoms with Gasteiger partial charge in [0.05, 0.1) is 0 Å². The van der Waals surface area contributed by atoms with Crippen molar-refractivity contribution in [3.05, 3.63) is 0 Å². The average molecular weight is 108 g/mol. The van der Waals surface area contributed by atoms with E-state index in [1.165, 1.54) is 0 Å². The third-order valence-electron chi connectivity index (χ3n) is 0.0481. The van der Waals surface area contributed by atoms with Crippen LogP contribution in [-0.4, -0.2) is 12.6 Å². The van der Waals surface area contributed by atoms with Gasteiger partial charge in [-0.25, -0.2) is 0 Å². The van der Waals surface area contributed by atoms with E-state index in [0.29, 0.717) is 0 Å². The van der Waals surface area contributed by atoms with E-state index in [1.54, 1.807) is 0 Å². The molecule has 0 spiro atoms. The van der Waals surface area contributed by atoms with Crippen LogP contribution in [0.15, 0.2) is 0 Å². The Kier molecular flexibility index (Phi) is 16.1. The van der Waals surface area contributed by atoms with Gasteiger partial charge in [-0.05, 0) is 0 Å². The average Bonchev–Trinajstić information content (AvgIpc) is 1.37. The minimum atomic E-state index is 0. The Morgan fingerprint density at radius 3 is 1.80 bits per heavy atom. The fourth-order valence-electron chi connectivity index (χ4n) is 0. The Morgan fingerprint density at radius 1 is 1.60 bits per heavy atom. The van der Waals surface area contributed by atoms with Gasteiger partial charge in [-0.1, -0.05) is 0 Å². The molecule has 0 unspecified atom stereocenters. The summed E-state index contributed by atoms with van der Waals surface area (Å²) < 4.78 is 0. The second-order valence-electron chi connectivity index (χ2n) is 0.236. The maximum atomic E-state index is 8.75. The number of carbonyl (C=O) groups is 1. The summed E-state index contributed by atoms with van der Waals surface area (Å²) in [4.78, 5) is 17.4. The van der Waals surface area contributed by atoms with Crippen LogP contribution in [-0.2, 0) is 28.1 Å². The van der Waals surface area contributed by atoms with Crippen molar-refractivity contribution in [1.29, 1.82) is 0 Å². The largest absolute Gasteiger partial charge is 0.534 e. The van der Waals surface area contributed by atoms with Crippen molar-refractivity contribution < 1.29 is 28.1 Å². The molecule has 0 aromatic rings. The minimum Gasteiger partial charge on any atom is -0.534 e. The van der Waals surface area contributed by atoms with Gasteiger partial charge in [0.2, 0.25) is 0 Å². The number of carbonyl (C=O) groups excluding carboxylic acids is 2. The molecule has 0 aliphatic heterocycles. The van der Waals surface area contributed by atoms with E-state index in [0.717, 1.165) is 6.29 Å². The van der Waals surface area contributed by atoms with E-state index in [4.69, 9.17) is 9.59 Å². The first-order valence-electron chi connectivity index (χ1n) is 0.729. The molecule has 0 N–H and O–H groups in total. The predicted octanol–water partition coefficient (Wildman–Crippen LogP) is -0.708. The van der Waals surface area contributed by atoms with Gasteiger partial charge < -0.3 is 9.59 Å². The molecule has 0 aliphatic carbocycles. The molecular weight excluding hydrogens is 107 g/mol. The Morgan fingerprint density at radius 2 is 1.80 bits per heavy atom. The fourth-order valence-corrected chi connectivity index (χ4v) is 0. The summed E-state index contributed by atoms with van der Waals surface area (Å²) in [5.74, 6) is 0. The summed E-state index contributed by atoms with van der Waals surface area (Å²) >= 11 is 0. The summed E-state index contributed by atoms with van der Waals surface area (Å²) in [7, 11) is 0. The molecule has 1 radical (unpaired) electrons. The predicted molar refractivity (Wildman–Crippen MR) is 11.8 cm³/mol. The normalized spacial score (nSPS) is 4.00. The Bertz CT molecular complexity index is 28.6. The van der Waals surface area contributed by atoms with Crippen molar-refractivity contribution in [2.75, 3.05) is 0 Å². The Hall–Kier alpha value is -0.0756. The van der Waals surface area contributed by atoms with Gasteiger partial charge in [0.25, 0.3) is 0 Å². The minimum absolute atomic E-state index is 0. The van der Waals surface area contributed by atoms with Crippen LogP contribution in [0.5, 0.6) is 0 Å². The molecule has 0 rings (SSSR count). The molecule has 0 aliphatic rings. The zero-order chi connectivity index (χ0) is 3.41. The Labute approximate surface area is 41.4 Å². The number of rotatable bonds is 1. The first-order valence-corrected chi connectivity index (χ1v) is 0.729. The molecule has 5 heavy (non-hydrogen) atoms. The van der Waals surface area contributed by atoms with Gasteiger partial charge in [-0.3, -0.25) is 0 Å². The van der Waals surface area contributed by atoms with Crippen LogP contribution in [0.4, 0.5) is 0 Å². The molecular formula is C2HO2V-. The van der Waals surface area contributed by atoms with Gasteiger partial charge in [0.1, 0.15) is 0 Å². The topological polar surface area (TPSA) is 34.1 Å². The van der Waals surface area contributed by atoms with Gasteiger partial charge >= 0.3 is 0 Å². The maximum Gasteiger partial charge on any atom is 0.00115 e. The van der Waals surface area contributed by atoms with Crippen LogP contribution in [0, 0.1) is 0 Å². The molecule has 0 fully saturated rings. The van der Waals surface area contributed by atoms with Gasteiger partial charge in [0.15, 0.2) is 0 Å². The van der Waals surface area contributed by atoms with E-state index >= 15 is 0 Å². The SMILES string of the molecule is O=[C-]C=O.[V]. The number of aldehydes is 1. The van der Waals surface area contributed by atoms with E-state index in [9.17, 15) is 0 Å². The third kappa shape index (κ3) is 17.0. The first-order chi connectivity index (χ1) is 1.91. The van der Waals surface area contributed by atoms with E-state index in [-0.39, 0.29) is 24.8 Å². The third-order valence-corrected chi connectivity index (χ3v) is 0.0481. The number of hydrogen-bond donors (Lipinski definition) is 0. The molecule has 2 nitrogen and oxygen atoms in total. The number of hydrogen-bond acceptors (Lipinski definition) is 2. The summed E-state index contributed by atoms with van der Waals surface area (Å²) in [5.41, 5.74) is 0. The summed E-state index contributed by atoms with van der Waals surface area (Å²) in [6.45, 7) is 0. The summed E-state index contributed by atoms with van der Waals surface area (Å²) in [6, 6.07) is 0. The van der Waals surface area contributed by atoms with Crippen molar-refractivity contribution in [3.63, 3.8) is 0 Å². The maximum absolute atomic E-state index is 8.75. The second-order valence-corrected chi connectivity index (χ2v) is 0.236. The molecule has 0 saturated heterocycles. The molecule has 0 amide bonds. The van der Waals surface area contributed by atoms with E-state index in [2.05, 4.69) is 0 Å². The first kappa shape index (κ1) is 8.87.